The molecule has 0 aliphatic carbocycles. The van der Waals surface area contributed by atoms with Gasteiger partial charge in [0.15, 0.2) is 10.7 Å². The van der Waals surface area contributed by atoms with Crippen molar-refractivity contribution in [2.45, 2.75) is 6.92 Å². The molecule has 6 heteroatoms. The molecule has 0 bridgehead atoms. The Morgan fingerprint density at radius 3 is 2.46 bits per heavy atom. The van der Waals surface area contributed by atoms with Gasteiger partial charge in [-0.05, 0) is 31.2 Å². The summed E-state index contributed by atoms with van der Waals surface area (Å²) in [4.78, 5) is 29.3. The number of hydrogen-bond acceptors (Lipinski definition) is 4. The number of fused-ring (bicyclic) bond motifs is 1. The van der Waals surface area contributed by atoms with Gasteiger partial charge in [0.25, 0.3) is 5.91 Å². The molecule has 128 valence electrons. The Kier molecular flexibility index (Phi) is 4.10. The summed E-state index contributed by atoms with van der Waals surface area (Å²) >= 11 is 1.42. The number of nitrogens with zero attached hydrogens (tertiary/aromatic N) is 2. The summed E-state index contributed by atoms with van der Waals surface area (Å²) in [5, 5.41) is 4.65. The predicted octanol–water partition coefficient (Wildman–Crippen LogP) is 4.52. The smallest absolute Gasteiger partial charge is 0.273 e. The van der Waals surface area contributed by atoms with Gasteiger partial charge in [-0.2, -0.15) is 0 Å². The van der Waals surface area contributed by atoms with E-state index in [0.29, 0.717) is 16.9 Å². The van der Waals surface area contributed by atoms with Crippen molar-refractivity contribution in [3.05, 3.63) is 77.4 Å². The molecule has 1 N–H and O–H groups in total. The van der Waals surface area contributed by atoms with Gasteiger partial charge in [0.2, 0.25) is 0 Å². The summed E-state index contributed by atoms with van der Waals surface area (Å²) in [6, 6.07) is 16.7. The zero-order valence-electron chi connectivity index (χ0n) is 14.0. The number of benzene rings is 2. The molecule has 0 saturated carbocycles. The molecule has 0 aliphatic rings. The SMILES string of the molecule is CC(=O)c1ccc(NC(=O)c2csc3nc(-c4ccccc4)cn23)cc1. The minimum atomic E-state index is -0.219. The van der Waals surface area contributed by atoms with Crippen molar-refractivity contribution in [1.82, 2.24) is 9.38 Å². The Balaban J connectivity index is 1.60. The quantitative estimate of drug-likeness (QED) is 0.544. The standard InChI is InChI=1S/C20H15N3O2S/c1-13(24)14-7-9-16(10-8-14)21-19(25)18-12-26-20-22-17(11-23(18)20)15-5-3-2-4-6-15/h2-12H,1H3,(H,21,25). The summed E-state index contributed by atoms with van der Waals surface area (Å²) in [6.45, 7) is 1.51. The van der Waals surface area contributed by atoms with E-state index in [1.165, 1.54) is 18.3 Å². The molecule has 2 aromatic carbocycles. The average Bonchev–Trinajstić information content (AvgIpc) is 3.23. The lowest BCUT2D eigenvalue weighted by atomic mass is 10.1. The molecule has 26 heavy (non-hydrogen) atoms. The van der Waals surface area contributed by atoms with Gasteiger partial charge in [0.05, 0.1) is 5.69 Å². The van der Waals surface area contributed by atoms with Gasteiger partial charge in [0.1, 0.15) is 5.69 Å². The Morgan fingerprint density at radius 2 is 1.77 bits per heavy atom. The molecule has 2 heterocycles. The summed E-state index contributed by atoms with van der Waals surface area (Å²) in [6.07, 6.45) is 1.87. The molecule has 0 saturated heterocycles. The predicted molar refractivity (Wildman–Crippen MR) is 103 cm³/mol. The average molecular weight is 361 g/mol. The number of amides is 1. The zero-order valence-corrected chi connectivity index (χ0v) is 14.8. The van der Waals surface area contributed by atoms with Crippen molar-refractivity contribution < 1.29 is 9.59 Å². The molecule has 0 atom stereocenters. The molecule has 0 aliphatic heterocycles. The van der Waals surface area contributed by atoms with Gasteiger partial charge in [-0.25, -0.2) is 4.98 Å². The molecule has 0 unspecified atom stereocenters. The van der Waals surface area contributed by atoms with E-state index in [9.17, 15) is 9.59 Å². The number of hydrogen-bond donors (Lipinski definition) is 1. The van der Waals surface area contributed by atoms with E-state index in [2.05, 4.69) is 10.3 Å². The number of thiazole rings is 1. The first kappa shape index (κ1) is 16.2. The molecule has 0 fully saturated rings. The molecule has 5 nitrogen and oxygen atoms in total. The maximum absolute atomic E-state index is 12.6. The number of rotatable bonds is 4. The maximum atomic E-state index is 12.6. The second kappa shape index (κ2) is 6.57. The molecule has 4 rings (SSSR count). The van der Waals surface area contributed by atoms with Crippen LogP contribution < -0.4 is 5.32 Å². The fourth-order valence-electron chi connectivity index (χ4n) is 2.68. The van der Waals surface area contributed by atoms with Crippen LogP contribution in [0.5, 0.6) is 0 Å². The molecule has 1 amide bonds. The zero-order chi connectivity index (χ0) is 18.1. The van der Waals surface area contributed by atoms with Crippen molar-refractivity contribution in [1.29, 1.82) is 0 Å². The number of anilines is 1. The van der Waals surface area contributed by atoms with Crippen molar-refractivity contribution in [3.8, 4) is 11.3 Å². The highest BCUT2D eigenvalue weighted by Gasteiger charge is 2.15. The molecule has 0 radical (unpaired) electrons. The molecule has 4 aromatic rings. The lowest BCUT2D eigenvalue weighted by Gasteiger charge is -2.05. The summed E-state index contributed by atoms with van der Waals surface area (Å²) in [5.74, 6) is -0.224. The van der Waals surface area contributed by atoms with Crippen LogP contribution in [-0.4, -0.2) is 21.1 Å². The normalized spacial score (nSPS) is 10.8. The fraction of sp³-hybridized carbons (Fsp3) is 0.0500. The highest BCUT2D eigenvalue weighted by molar-refractivity contribution is 7.15. The Bertz CT molecular complexity index is 1100. The van der Waals surface area contributed by atoms with E-state index in [1.54, 1.807) is 34.0 Å². The largest absolute Gasteiger partial charge is 0.321 e. The van der Waals surface area contributed by atoms with E-state index in [0.717, 1.165) is 16.2 Å². The summed E-state index contributed by atoms with van der Waals surface area (Å²) in [7, 11) is 0. The number of aromatic nitrogens is 2. The first-order chi connectivity index (χ1) is 12.6. The first-order valence-electron chi connectivity index (χ1n) is 8.06. The Hall–Kier alpha value is -3.25. The van der Waals surface area contributed by atoms with Gasteiger partial charge >= 0.3 is 0 Å². The highest BCUT2D eigenvalue weighted by Crippen LogP contribution is 2.24. The molecule has 0 spiro atoms. The van der Waals surface area contributed by atoms with Crippen LogP contribution in [0.15, 0.2) is 66.2 Å². The van der Waals surface area contributed by atoms with Crippen LogP contribution in [0.1, 0.15) is 27.8 Å². The van der Waals surface area contributed by atoms with Crippen LogP contribution in [0.25, 0.3) is 16.2 Å². The van der Waals surface area contributed by atoms with Crippen molar-refractivity contribution in [2.24, 2.45) is 0 Å². The van der Waals surface area contributed by atoms with Crippen molar-refractivity contribution in [3.63, 3.8) is 0 Å². The number of carbonyl (C=O) groups is 2. The Morgan fingerprint density at radius 1 is 1.04 bits per heavy atom. The van der Waals surface area contributed by atoms with Gasteiger partial charge < -0.3 is 5.32 Å². The summed E-state index contributed by atoms with van der Waals surface area (Å²) in [5.41, 5.74) is 3.62. The van der Waals surface area contributed by atoms with Gasteiger partial charge in [-0.1, -0.05) is 30.3 Å². The minimum absolute atomic E-state index is 0.00530. The number of Topliss-reactive ketones (excluding diaryl/α,β-unsaturated/α-hetero) is 1. The first-order valence-corrected chi connectivity index (χ1v) is 8.94. The van der Waals surface area contributed by atoms with Gasteiger partial charge in [0, 0.05) is 28.4 Å². The number of imidazole rings is 1. The van der Waals surface area contributed by atoms with Crippen molar-refractivity contribution in [2.75, 3.05) is 5.32 Å². The van der Waals surface area contributed by atoms with E-state index in [4.69, 9.17) is 0 Å². The van der Waals surface area contributed by atoms with Crippen LogP contribution in [0.3, 0.4) is 0 Å². The van der Waals surface area contributed by atoms with E-state index in [1.807, 2.05) is 36.5 Å². The fourth-order valence-corrected chi connectivity index (χ4v) is 3.53. The van der Waals surface area contributed by atoms with Crippen LogP contribution in [0.2, 0.25) is 0 Å². The highest BCUT2D eigenvalue weighted by atomic mass is 32.1. The molecular weight excluding hydrogens is 346 g/mol. The lowest BCUT2D eigenvalue weighted by Crippen LogP contribution is -2.13. The van der Waals surface area contributed by atoms with Gasteiger partial charge in [-0.3, -0.25) is 14.0 Å². The van der Waals surface area contributed by atoms with E-state index in [-0.39, 0.29) is 11.7 Å². The molecular formula is C20H15N3O2S. The second-order valence-corrected chi connectivity index (χ2v) is 6.69. The van der Waals surface area contributed by atoms with Crippen molar-refractivity contribution >= 4 is 33.7 Å². The van der Waals surface area contributed by atoms with E-state index < -0.39 is 0 Å². The maximum Gasteiger partial charge on any atom is 0.273 e. The van der Waals surface area contributed by atoms with Crippen LogP contribution >= 0.6 is 11.3 Å². The van der Waals surface area contributed by atoms with E-state index >= 15 is 0 Å². The summed E-state index contributed by atoms with van der Waals surface area (Å²) < 4.78 is 1.80. The van der Waals surface area contributed by atoms with Crippen LogP contribution in [0, 0.1) is 0 Å². The van der Waals surface area contributed by atoms with Crippen LogP contribution in [0.4, 0.5) is 5.69 Å². The van der Waals surface area contributed by atoms with Crippen LogP contribution in [-0.2, 0) is 0 Å². The third kappa shape index (κ3) is 3.02. The number of nitrogens with one attached hydrogen (secondary N) is 1. The number of carbonyl (C=O) groups excluding carboxylic acids is 2. The lowest BCUT2D eigenvalue weighted by molar-refractivity contribution is 0.101. The third-order valence-corrected chi connectivity index (χ3v) is 4.90. The third-order valence-electron chi connectivity index (χ3n) is 4.06. The Labute approximate surface area is 153 Å². The second-order valence-electron chi connectivity index (χ2n) is 5.85. The number of ketones is 1. The topological polar surface area (TPSA) is 63.5 Å². The monoisotopic (exact) mass is 361 g/mol. The molecule has 2 aromatic heterocycles. The minimum Gasteiger partial charge on any atom is -0.321 e. The van der Waals surface area contributed by atoms with Gasteiger partial charge in [-0.15, -0.1) is 11.3 Å².